The zero-order valence-electron chi connectivity index (χ0n) is 22.5. The predicted molar refractivity (Wildman–Crippen MR) is 134 cm³/mol. The minimum absolute atomic E-state index is 0.0369. The average molecular weight is 465 g/mol. The van der Waals surface area contributed by atoms with E-state index in [9.17, 15) is 9.59 Å². The van der Waals surface area contributed by atoms with Crippen molar-refractivity contribution in [3.8, 4) is 0 Å². The molecule has 0 radical (unpaired) electrons. The van der Waals surface area contributed by atoms with Gasteiger partial charge in [0.05, 0.1) is 11.2 Å². The summed E-state index contributed by atoms with van der Waals surface area (Å²) in [5.41, 5.74) is -1.58. The topological polar surface area (TPSA) is 79.9 Å². The van der Waals surface area contributed by atoms with Crippen LogP contribution in [0.15, 0.2) is 0 Å². The van der Waals surface area contributed by atoms with Gasteiger partial charge in [-0.2, -0.15) is 0 Å². The van der Waals surface area contributed by atoms with Crippen LogP contribution >= 0.6 is 0 Å². The maximum Gasteiger partial charge on any atom is 0.457 e. The Morgan fingerprint density at radius 1 is 1.12 bits per heavy atom. The van der Waals surface area contributed by atoms with Gasteiger partial charge in [-0.05, 0) is 86.6 Å². The molecule has 4 atom stereocenters. The van der Waals surface area contributed by atoms with E-state index in [2.05, 4.69) is 57.1 Å². The molecule has 1 heterocycles. The highest BCUT2D eigenvalue weighted by Gasteiger charge is 2.54. The number of carbonyl (C=O) groups excluding carboxylic acids is 2. The lowest BCUT2D eigenvalue weighted by molar-refractivity contribution is -0.139. The molecule has 1 saturated carbocycles. The highest BCUT2D eigenvalue weighted by atomic mass is 16.7. The fraction of sp³-hybridized carbons (Fsp3) is 0.920. The van der Waals surface area contributed by atoms with E-state index in [1.54, 1.807) is 0 Å². The van der Waals surface area contributed by atoms with E-state index in [1.165, 1.54) is 6.92 Å². The summed E-state index contributed by atoms with van der Waals surface area (Å²) in [6.07, 6.45) is 6.22. The molecule has 7 nitrogen and oxygen atoms in total. The molecule has 1 aliphatic heterocycles. The molecular weight excluding hydrogens is 417 g/mol. The first-order valence-corrected chi connectivity index (χ1v) is 12.8. The van der Waals surface area contributed by atoms with Crippen LogP contribution in [0.2, 0.25) is 6.32 Å². The van der Waals surface area contributed by atoms with E-state index in [1.807, 2.05) is 14.1 Å². The molecule has 190 valence electrons. The van der Waals surface area contributed by atoms with Gasteiger partial charge in [0.15, 0.2) is 0 Å². The Hall–Kier alpha value is -1.12. The number of carbonyl (C=O) groups is 2. The van der Waals surface area contributed by atoms with Crippen molar-refractivity contribution in [1.82, 2.24) is 15.5 Å². The summed E-state index contributed by atoms with van der Waals surface area (Å²) in [5.74, 6) is 0.179. The molecule has 33 heavy (non-hydrogen) atoms. The predicted octanol–water partition coefficient (Wildman–Crippen LogP) is 3.63. The van der Waals surface area contributed by atoms with Gasteiger partial charge in [-0.15, -0.1) is 0 Å². The average Bonchev–Trinajstić information content (AvgIpc) is 2.91. The van der Waals surface area contributed by atoms with Crippen molar-refractivity contribution in [1.29, 1.82) is 0 Å². The summed E-state index contributed by atoms with van der Waals surface area (Å²) in [4.78, 5) is 28.2. The first kappa shape index (κ1) is 28.1. The summed E-state index contributed by atoms with van der Waals surface area (Å²) in [5, 5.41) is 6.29. The molecule has 2 rings (SSSR count). The number of hydrogen-bond acceptors (Lipinski definition) is 5. The Balaban J connectivity index is 2.21. The van der Waals surface area contributed by atoms with Crippen molar-refractivity contribution in [2.24, 2.45) is 11.8 Å². The largest absolute Gasteiger partial charge is 0.457 e. The van der Waals surface area contributed by atoms with Gasteiger partial charge in [0, 0.05) is 25.4 Å². The van der Waals surface area contributed by atoms with Gasteiger partial charge >= 0.3 is 7.12 Å². The van der Waals surface area contributed by atoms with E-state index >= 15 is 0 Å². The number of amides is 2. The van der Waals surface area contributed by atoms with Crippen molar-refractivity contribution < 1.29 is 18.9 Å². The summed E-state index contributed by atoms with van der Waals surface area (Å²) >= 11 is 0. The Kier molecular flexibility index (Phi) is 9.45. The first-order chi connectivity index (χ1) is 15.3. The number of nitrogens with one attached hydrogen (secondary N) is 2. The Morgan fingerprint density at radius 3 is 2.24 bits per heavy atom. The fourth-order valence-corrected chi connectivity index (χ4v) is 5.40. The molecule has 1 aliphatic carbocycles. The van der Waals surface area contributed by atoms with Gasteiger partial charge in [-0.1, -0.05) is 19.8 Å². The van der Waals surface area contributed by atoms with Crippen LogP contribution in [0.4, 0.5) is 0 Å². The van der Waals surface area contributed by atoms with Crippen molar-refractivity contribution in [2.75, 3.05) is 20.6 Å². The van der Waals surface area contributed by atoms with E-state index in [0.29, 0.717) is 18.9 Å². The molecule has 0 bridgehead atoms. The Labute approximate surface area is 202 Å². The molecule has 1 saturated heterocycles. The van der Waals surface area contributed by atoms with Crippen LogP contribution in [-0.2, 0) is 18.9 Å². The summed E-state index contributed by atoms with van der Waals surface area (Å²) in [7, 11) is 3.85. The van der Waals surface area contributed by atoms with Crippen LogP contribution < -0.4 is 10.6 Å². The summed E-state index contributed by atoms with van der Waals surface area (Å²) in [6.45, 7) is 14.7. The zero-order valence-corrected chi connectivity index (χ0v) is 22.5. The van der Waals surface area contributed by atoms with Crippen LogP contribution in [0, 0.1) is 11.8 Å². The van der Waals surface area contributed by atoms with E-state index in [-0.39, 0.29) is 42.1 Å². The van der Waals surface area contributed by atoms with Crippen LogP contribution in [0.5, 0.6) is 0 Å². The Bertz CT molecular complexity index is 669. The molecule has 0 spiro atoms. The normalized spacial score (nSPS) is 29.7. The molecule has 2 amide bonds. The number of rotatable bonds is 10. The number of hydrogen-bond donors (Lipinski definition) is 2. The SMILES string of the molecule is CCCCNC(=O)[C@@]1(NC(C)=O)C[C@H](CCB2OC(C)(C)C(C)(C)O2)CC[C@H]1C(C)N(C)C. The fourth-order valence-electron chi connectivity index (χ4n) is 5.40. The highest BCUT2D eigenvalue weighted by molar-refractivity contribution is 6.45. The third-order valence-corrected chi connectivity index (χ3v) is 8.26. The van der Waals surface area contributed by atoms with Crippen molar-refractivity contribution in [3.63, 3.8) is 0 Å². The van der Waals surface area contributed by atoms with Crippen LogP contribution in [-0.4, -0.2) is 67.3 Å². The lowest BCUT2D eigenvalue weighted by Gasteiger charge is -2.49. The van der Waals surface area contributed by atoms with Gasteiger partial charge in [0.25, 0.3) is 0 Å². The standard InChI is InChI=1S/C25H48BN3O4/c1-10-11-16-27-22(31)25(28-19(3)30)17-20(12-13-21(25)18(2)29(8)9)14-15-26-32-23(4,5)24(6,7)33-26/h18,20-21H,10-17H2,1-9H3,(H,27,31)(H,28,30)/t18?,20-,21-,25+/m0/s1. The smallest absolute Gasteiger partial charge is 0.403 e. The molecule has 0 aromatic carbocycles. The van der Waals surface area contributed by atoms with Crippen LogP contribution in [0.3, 0.4) is 0 Å². The van der Waals surface area contributed by atoms with Gasteiger partial charge in [-0.25, -0.2) is 0 Å². The number of unbranched alkanes of at least 4 members (excludes halogenated alkanes) is 1. The molecule has 0 aromatic rings. The van der Waals surface area contributed by atoms with E-state index in [0.717, 1.165) is 38.4 Å². The molecule has 2 aliphatic rings. The van der Waals surface area contributed by atoms with Gasteiger partial charge in [0.1, 0.15) is 5.54 Å². The second-order valence-electron chi connectivity index (χ2n) is 11.5. The van der Waals surface area contributed by atoms with Gasteiger partial charge in [-0.3, -0.25) is 9.59 Å². The zero-order chi connectivity index (χ0) is 25.0. The first-order valence-electron chi connectivity index (χ1n) is 12.8. The maximum absolute atomic E-state index is 13.7. The molecule has 8 heteroatoms. The second kappa shape index (κ2) is 11.1. The second-order valence-corrected chi connectivity index (χ2v) is 11.5. The lowest BCUT2D eigenvalue weighted by atomic mass is 9.63. The summed E-state index contributed by atoms with van der Waals surface area (Å²) in [6, 6.07) is 0.165. The van der Waals surface area contributed by atoms with E-state index in [4.69, 9.17) is 9.31 Å². The minimum atomic E-state index is -0.901. The third-order valence-electron chi connectivity index (χ3n) is 8.26. The molecule has 1 unspecified atom stereocenters. The minimum Gasteiger partial charge on any atom is -0.403 e. The lowest BCUT2D eigenvalue weighted by Crippen LogP contribution is -2.68. The van der Waals surface area contributed by atoms with Crippen LogP contribution in [0.1, 0.15) is 87.0 Å². The quantitative estimate of drug-likeness (QED) is 0.381. The molecule has 2 fully saturated rings. The van der Waals surface area contributed by atoms with Gasteiger partial charge in [0.2, 0.25) is 11.8 Å². The monoisotopic (exact) mass is 465 g/mol. The molecule has 2 N–H and O–H groups in total. The maximum atomic E-state index is 13.7. The molecule has 0 aromatic heterocycles. The molecular formula is C25H48BN3O4. The summed E-state index contributed by atoms with van der Waals surface area (Å²) < 4.78 is 12.4. The van der Waals surface area contributed by atoms with Crippen LogP contribution in [0.25, 0.3) is 0 Å². The van der Waals surface area contributed by atoms with Crippen molar-refractivity contribution >= 4 is 18.9 Å². The highest BCUT2D eigenvalue weighted by Crippen LogP contribution is 2.44. The third kappa shape index (κ3) is 6.52. The van der Waals surface area contributed by atoms with E-state index < -0.39 is 5.54 Å². The van der Waals surface area contributed by atoms with Crippen molar-refractivity contribution in [2.45, 2.75) is 116 Å². The van der Waals surface area contributed by atoms with Crippen molar-refractivity contribution in [3.05, 3.63) is 0 Å². The number of nitrogens with zero attached hydrogens (tertiary/aromatic N) is 1. The van der Waals surface area contributed by atoms with Gasteiger partial charge < -0.3 is 24.8 Å². The Morgan fingerprint density at radius 2 is 1.73 bits per heavy atom.